The third-order valence-electron chi connectivity index (χ3n) is 0.337. The zero-order chi connectivity index (χ0) is 4.99. The highest BCUT2D eigenvalue weighted by molar-refractivity contribution is 4.36. The number of nitrogens with two attached hydrogens (primary N) is 1. The summed E-state index contributed by atoms with van der Waals surface area (Å²) in [7, 11) is 0. The summed E-state index contributed by atoms with van der Waals surface area (Å²) in [5, 5.41) is 8.35. The summed E-state index contributed by atoms with van der Waals surface area (Å²) in [5.41, 5.74) is 0. The van der Waals surface area contributed by atoms with Gasteiger partial charge in [-0.05, 0) is 6.92 Å². The Labute approximate surface area is 36.7 Å². The maximum absolute atomic E-state index is 8.35. The number of aliphatic hydroxyl groups excluding tert-OH is 1. The molecule has 0 fully saturated rings. The standard InChI is InChI=1S/C3H9NO2/c1-3(5)2-6-4/h3,5H,2,4H2,1H3/t3-/m0/s1. The molecule has 0 radical (unpaired) electrons. The van der Waals surface area contributed by atoms with Crippen molar-refractivity contribution in [1.29, 1.82) is 0 Å². The maximum atomic E-state index is 8.35. The van der Waals surface area contributed by atoms with Crippen LogP contribution in [0.25, 0.3) is 0 Å². The third-order valence-corrected chi connectivity index (χ3v) is 0.337. The van der Waals surface area contributed by atoms with E-state index in [9.17, 15) is 0 Å². The molecule has 0 unspecified atom stereocenters. The van der Waals surface area contributed by atoms with Crippen molar-refractivity contribution in [1.82, 2.24) is 0 Å². The number of hydrogen-bond donors (Lipinski definition) is 2. The lowest BCUT2D eigenvalue weighted by molar-refractivity contribution is 0.0463. The Hall–Kier alpha value is -0.120. The van der Waals surface area contributed by atoms with Crippen LogP contribution in [0.5, 0.6) is 0 Å². The van der Waals surface area contributed by atoms with Gasteiger partial charge in [-0.1, -0.05) is 0 Å². The van der Waals surface area contributed by atoms with Crippen molar-refractivity contribution < 1.29 is 9.94 Å². The van der Waals surface area contributed by atoms with Crippen LogP contribution in [0.2, 0.25) is 0 Å². The Bertz CT molecular complexity index is 30.0. The molecule has 6 heavy (non-hydrogen) atoms. The van der Waals surface area contributed by atoms with Gasteiger partial charge < -0.3 is 9.94 Å². The monoisotopic (exact) mass is 91.1 g/mol. The van der Waals surface area contributed by atoms with E-state index in [2.05, 4.69) is 10.7 Å². The van der Waals surface area contributed by atoms with Crippen LogP contribution < -0.4 is 5.90 Å². The summed E-state index contributed by atoms with van der Waals surface area (Å²) in [5.74, 6) is 4.57. The van der Waals surface area contributed by atoms with Gasteiger partial charge in [-0.15, -0.1) is 0 Å². The normalized spacial score (nSPS) is 14.5. The number of aliphatic hydroxyl groups is 1. The van der Waals surface area contributed by atoms with Gasteiger partial charge in [0, 0.05) is 0 Å². The first kappa shape index (κ1) is 5.88. The van der Waals surface area contributed by atoms with E-state index in [1.165, 1.54) is 0 Å². The average Bonchev–Trinajstić information content (AvgIpc) is 1.35. The molecule has 0 aliphatic rings. The van der Waals surface area contributed by atoms with Gasteiger partial charge in [-0.25, -0.2) is 5.90 Å². The molecule has 1 atom stereocenters. The molecule has 0 aromatic rings. The van der Waals surface area contributed by atoms with Crippen LogP contribution in [0.1, 0.15) is 6.92 Å². The highest BCUT2D eigenvalue weighted by atomic mass is 16.6. The first-order valence-corrected chi connectivity index (χ1v) is 1.77. The molecule has 38 valence electrons. The summed E-state index contributed by atoms with van der Waals surface area (Å²) in [6, 6.07) is 0. The Balaban J connectivity index is 2.63. The van der Waals surface area contributed by atoms with E-state index >= 15 is 0 Å². The van der Waals surface area contributed by atoms with Gasteiger partial charge in [0.05, 0.1) is 12.7 Å². The summed E-state index contributed by atoms with van der Waals surface area (Å²) in [4.78, 5) is 4.05. The molecule has 0 saturated heterocycles. The van der Waals surface area contributed by atoms with E-state index in [0.29, 0.717) is 0 Å². The lowest BCUT2D eigenvalue weighted by atomic mass is 10.5. The van der Waals surface area contributed by atoms with Gasteiger partial charge in [-0.2, -0.15) is 0 Å². The number of rotatable bonds is 2. The Kier molecular flexibility index (Phi) is 3.02. The average molecular weight is 91.1 g/mol. The van der Waals surface area contributed by atoms with Crippen molar-refractivity contribution in [3.63, 3.8) is 0 Å². The molecule has 0 saturated carbocycles. The highest BCUT2D eigenvalue weighted by Gasteiger charge is 1.88. The lowest BCUT2D eigenvalue weighted by Crippen LogP contribution is -2.13. The van der Waals surface area contributed by atoms with E-state index in [-0.39, 0.29) is 6.61 Å². The summed E-state index contributed by atoms with van der Waals surface area (Å²) >= 11 is 0. The van der Waals surface area contributed by atoms with Gasteiger partial charge >= 0.3 is 0 Å². The van der Waals surface area contributed by atoms with Crippen LogP contribution in [0.4, 0.5) is 0 Å². The first-order valence-electron chi connectivity index (χ1n) is 1.77. The second-order valence-electron chi connectivity index (χ2n) is 1.18. The van der Waals surface area contributed by atoms with Crippen molar-refractivity contribution in [2.75, 3.05) is 6.61 Å². The zero-order valence-corrected chi connectivity index (χ0v) is 3.72. The fourth-order valence-electron chi connectivity index (χ4n) is 0.139. The molecule has 0 amide bonds. The largest absolute Gasteiger partial charge is 0.391 e. The van der Waals surface area contributed by atoms with E-state index < -0.39 is 6.10 Å². The van der Waals surface area contributed by atoms with Gasteiger partial charge in [0.1, 0.15) is 0 Å². The van der Waals surface area contributed by atoms with E-state index in [0.717, 1.165) is 0 Å². The van der Waals surface area contributed by atoms with Gasteiger partial charge in [-0.3, -0.25) is 0 Å². The molecule has 0 aromatic carbocycles. The van der Waals surface area contributed by atoms with E-state index in [1.807, 2.05) is 0 Å². The maximum Gasteiger partial charge on any atom is 0.0935 e. The van der Waals surface area contributed by atoms with Crippen LogP contribution in [-0.4, -0.2) is 17.8 Å². The predicted molar refractivity (Wildman–Crippen MR) is 21.8 cm³/mol. The van der Waals surface area contributed by atoms with Crippen LogP contribution >= 0.6 is 0 Å². The quantitative estimate of drug-likeness (QED) is 0.440. The van der Waals surface area contributed by atoms with Crippen LogP contribution in [0, 0.1) is 0 Å². The first-order chi connectivity index (χ1) is 2.77. The molecule has 3 N–H and O–H groups in total. The molecule has 0 aliphatic heterocycles. The molecule has 0 spiro atoms. The van der Waals surface area contributed by atoms with E-state index in [1.54, 1.807) is 6.92 Å². The Morgan fingerprint density at radius 1 is 2.00 bits per heavy atom. The minimum Gasteiger partial charge on any atom is -0.391 e. The van der Waals surface area contributed by atoms with Crippen molar-refractivity contribution in [3.05, 3.63) is 0 Å². The molecule has 0 aromatic heterocycles. The molecular formula is C3H9NO2. The molecular weight excluding hydrogens is 82.0 g/mol. The SMILES string of the molecule is C[C@H](O)CON. The highest BCUT2D eigenvalue weighted by Crippen LogP contribution is 1.73. The van der Waals surface area contributed by atoms with Gasteiger partial charge in [0.2, 0.25) is 0 Å². The molecule has 3 nitrogen and oxygen atoms in total. The third kappa shape index (κ3) is 3.88. The van der Waals surface area contributed by atoms with Gasteiger partial charge in [0.25, 0.3) is 0 Å². The summed E-state index contributed by atoms with van der Waals surface area (Å²) in [6.45, 7) is 1.81. The summed E-state index contributed by atoms with van der Waals surface area (Å²) < 4.78 is 0. The van der Waals surface area contributed by atoms with Crippen LogP contribution in [0.3, 0.4) is 0 Å². The smallest absolute Gasteiger partial charge is 0.0935 e. The predicted octanol–water partition coefficient (Wildman–Crippen LogP) is -0.743. The fraction of sp³-hybridized carbons (Fsp3) is 1.00. The number of hydrogen-bond acceptors (Lipinski definition) is 3. The molecule has 0 aliphatic carbocycles. The van der Waals surface area contributed by atoms with Crippen molar-refractivity contribution in [2.24, 2.45) is 5.90 Å². The molecule has 0 bridgehead atoms. The van der Waals surface area contributed by atoms with Crippen LogP contribution in [-0.2, 0) is 4.84 Å². The van der Waals surface area contributed by atoms with E-state index in [4.69, 9.17) is 5.11 Å². The Morgan fingerprint density at radius 2 is 2.50 bits per heavy atom. The van der Waals surface area contributed by atoms with Gasteiger partial charge in [0.15, 0.2) is 0 Å². The topological polar surface area (TPSA) is 55.5 Å². The molecule has 0 rings (SSSR count). The fourth-order valence-corrected chi connectivity index (χ4v) is 0.139. The minimum atomic E-state index is -0.449. The van der Waals surface area contributed by atoms with Crippen LogP contribution in [0.15, 0.2) is 0 Å². The summed E-state index contributed by atoms with van der Waals surface area (Å²) in [6.07, 6.45) is -0.449. The van der Waals surface area contributed by atoms with Crippen molar-refractivity contribution >= 4 is 0 Å². The zero-order valence-electron chi connectivity index (χ0n) is 3.72. The Morgan fingerprint density at radius 3 is 2.50 bits per heavy atom. The minimum absolute atomic E-state index is 0.208. The second kappa shape index (κ2) is 3.08. The second-order valence-corrected chi connectivity index (χ2v) is 1.18. The lowest BCUT2D eigenvalue weighted by Gasteiger charge is -1.96. The van der Waals surface area contributed by atoms with Crippen molar-refractivity contribution in [3.8, 4) is 0 Å². The van der Waals surface area contributed by atoms with Crippen molar-refractivity contribution in [2.45, 2.75) is 13.0 Å². The molecule has 3 heteroatoms. The molecule has 0 heterocycles.